The predicted molar refractivity (Wildman–Crippen MR) is 55.0 cm³/mol. The van der Waals surface area contributed by atoms with Crippen LogP contribution in [0.2, 0.25) is 0 Å². The minimum atomic E-state index is -4.68. The molecule has 3 nitrogen and oxygen atoms in total. The van der Waals surface area contributed by atoms with Crippen molar-refractivity contribution in [3.8, 4) is 11.4 Å². The van der Waals surface area contributed by atoms with E-state index in [9.17, 15) is 13.2 Å². The zero-order valence-corrected chi connectivity index (χ0v) is 8.90. The molecule has 0 atom stereocenters. The van der Waals surface area contributed by atoms with Gasteiger partial charge in [-0.2, -0.15) is 5.10 Å². The van der Waals surface area contributed by atoms with E-state index in [1.165, 1.54) is 22.9 Å². The normalized spacial score (nSPS) is 11.5. The largest absolute Gasteiger partial charge is 0.573 e. The van der Waals surface area contributed by atoms with Crippen LogP contribution in [-0.4, -0.2) is 16.1 Å². The lowest BCUT2D eigenvalue weighted by Crippen LogP contribution is -2.17. The summed E-state index contributed by atoms with van der Waals surface area (Å²) in [6.45, 7) is 1.81. The first-order valence-electron chi connectivity index (χ1n) is 4.82. The molecule has 0 unspecified atom stereocenters. The zero-order valence-electron chi connectivity index (χ0n) is 8.90. The highest BCUT2D eigenvalue weighted by molar-refractivity contribution is 5.39. The summed E-state index contributed by atoms with van der Waals surface area (Å²) < 4.78 is 41.5. The van der Waals surface area contributed by atoms with Crippen LogP contribution in [0.25, 0.3) is 5.69 Å². The molecule has 0 aliphatic carbocycles. The Labute approximate surface area is 95.4 Å². The molecule has 2 rings (SSSR count). The van der Waals surface area contributed by atoms with Crippen molar-refractivity contribution in [1.29, 1.82) is 0 Å². The van der Waals surface area contributed by atoms with Crippen LogP contribution in [0.3, 0.4) is 0 Å². The van der Waals surface area contributed by atoms with Gasteiger partial charge in [0, 0.05) is 18.0 Å². The summed E-state index contributed by atoms with van der Waals surface area (Å²) in [5.74, 6) is -0.259. The lowest BCUT2D eigenvalue weighted by Gasteiger charge is -2.10. The number of nitrogens with zero attached hydrogens (tertiary/aromatic N) is 2. The smallest absolute Gasteiger partial charge is 0.406 e. The molecule has 6 heteroatoms. The van der Waals surface area contributed by atoms with Gasteiger partial charge in [0.1, 0.15) is 5.75 Å². The lowest BCUT2D eigenvalue weighted by atomic mass is 10.3. The molecule has 0 spiro atoms. The second-order valence-electron chi connectivity index (χ2n) is 3.43. The minimum absolute atomic E-state index is 0.259. The van der Waals surface area contributed by atoms with Crippen molar-refractivity contribution in [2.24, 2.45) is 0 Å². The first-order valence-corrected chi connectivity index (χ1v) is 4.82. The summed E-state index contributed by atoms with van der Waals surface area (Å²) >= 11 is 0. The molecule has 0 N–H and O–H groups in total. The highest BCUT2D eigenvalue weighted by Crippen LogP contribution is 2.24. The molecule has 1 aromatic carbocycles. The van der Waals surface area contributed by atoms with Crippen LogP contribution in [-0.2, 0) is 0 Å². The number of ether oxygens (including phenoxy) is 1. The Morgan fingerprint density at radius 3 is 2.59 bits per heavy atom. The second kappa shape index (κ2) is 4.12. The van der Waals surface area contributed by atoms with E-state index in [-0.39, 0.29) is 5.75 Å². The maximum Gasteiger partial charge on any atom is 0.573 e. The van der Waals surface area contributed by atoms with E-state index in [0.29, 0.717) is 5.69 Å². The number of alkyl halides is 3. The van der Waals surface area contributed by atoms with Crippen LogP contribution in [0.4, 0.5) is 13.2 Å². The van der Waals surface area contributed by atoms with Crippen molar-refractivity contribution in [3.63, 3.8) is 0 Å². The van der Waals surface area contributed by atoms with Gasteiger partial charge in [0.15, 0.2) is 0 Å². The third-order valence-electron chi connectivity index (χ3n) is 2.13. The molecule has 0 radical (unpaired) electrons. The van der Waals surface area contributed by atoms with Crippen LogP contribution in [0, 0.1) is 6.92 Å². The Morgan fingerprint density at radius 1 is 1.24 bits per heavy atom. The Bertz CT molecular complexity index is 519. The first-order chi connectivity index (χ1) is 7.96. The molecule has 1 heterocycles. The van der Waals surface area contributed by atoms with Crippen molar-refractivity contribution < 1.29 is 17.9 Å². The summed E-state index contributed by atoms with van der Waals surface area (Å²) in [5.41, 5.74) is 1.35. The fourth-order valence-electron chi connectivity index (χ4n) is 1.45. The van der Waals surface area contributed by atoms with Crippen molar-refractivity contribution >= 4 is 0 Å². The number of benzene rings is 1. The second-order valence-corrected chi connectivity index (χ2v) is 3.43. The average Bonchev–Trinajstić information content (AvgIpc) is 2.62. The third-order valence-corrected chi connectivity index (χ3v) is 2.13. The molecule has 0 aliphatic heterocycles. The molecule has 0 aliphatic rings. The number of aryl methyl sites for hydroxylation is 1. The molecule has 0 saturated heterocycles. The quantitative estimate of drug-likeness (QED) is 0.809. The number of hydrogen-bond acceptors (Lipinski definition) is 2. The highest BCUT2D eigenvalue weighted by atomic mass is 19.4. The fraction of sp³-hybridized carbons (Fsp3) is 0.182. The van der Waals surface area contributed by atoms with Crippen LogP contribution < -0.4 is 4.74 Å². The van der Waals surface area contributed by atoms with Gasteiger partial charge in [-0.3, -0.25) is 0 Å². The topological polar surface area (TPSA) is 27.1 Å². The first kappa shape index (κ1) is 11.5. The molecule has 0 saturated carbocycles. The van der Waals surface area contributed by atoms with E-state index < -0.39 is 6.36 Å². The zero-order chi connectivity index (χ0) is 12.5. The van der Waals surface area contributed by atoms with E-state index in [2.05, 4.69) is 9.84 Å². The maximum absolute atomic E-state index is 12.1. The van der Waals surface area contributed by atoms with Crippen LogP contribution >= 0.6 is 0 Å². The van der Waals surface area contributed by atoms with E-state index in [4.69, 9.17) is 0 Å². The van der Waals surface area contributed by atoms with Gasteiger partial charge in [-0.25, -0.2) is 4.68 Å². The van der Waals surface area contributed by atoms with Crippen molar-refractivity contribution in [1.82, 2.24) is 9.78 Å². The Morgan fingerprint density at radius 2 is 2.00 bits per heavy atom. The van der Waals surface area contributed by atoms with E-state index in [1.807, 2.05) is 6.92 Å². The Balaban J connectivity index is 2.32. The minimum Gasteiger partial charge on any atom is -0.406 e. The Hall–Kier alpha value is -1.98. The molecule has 0 amide bonds. The van der Waals surface area contributed by atoms with Gasteiger partial charge in [0.25, 0.3) is 0 Å². The summed E-state index contributed by atoms with van der Waals surface area (Å²) in [6.07, 6.45) is -3.11. The third kappa shape index (κ3) is 2.77. The van der Waals surface area contributed by atoms with E-state index >= 15 is 0 Å². The SMILES string of the molecule is Cc1ccnn1-c1cccc(OC(F)(F)F)c1. The molecule has 90 valence electrons. The number of halogens is 3. The average molecular weight is 242 g/mol. The van der Waals surface area contributed by atoms with Crippen molar-refractivity contribution in [2.75, 3.05) is 0 Å². The fourth-order valence-corrected chi connectivity index (χ4v) is 1.45. The summed E-state index contributed by atoms with van der Waals surface area (Å²) in [5, 5.41) is 4.00. The van der Waals surface area contributed by atoms with Gasteiger partial charge >= 0.3 is 6.36 Å². The van der Waals surface area contributed by atoms with Gasteiger partial charge in [0.05, 0.1) is 5.69 Å². The molecule has 2 aromatic rings. The van der Waals surface area contributed by atoms with Gasteiger partial charge in [-0.15, -0.1) is 13.2 Å². The van der Waals surface area contributed by atoms with Gasteiger partial charge < -0.3 is 4.74 Å². The number of hydrogen-bond donors (Lipinski definition) is 0. The summed E-state index contributed by atoms with van der Waals surface area (Å²) in [4.78, 5) is 0. The number of aromatic nitrogens is 2. The highest BCUT2D eigenvalue weighted by Gasteiger charge is 2.31. The van der Waals surface area contributed by atoms with Crippen LogP contribution in [0.5, 0.6) is 5.75 Å². The molecular formula is C11H9F3N2O. The molecule has 0 fully saturated rings. The molecule has 0 bridgehead atoms. The summed E-state index contributed by atoms with van der Waals surface area (Å²) in [6, 6.07) is 7.43. The molecule has 1 aromatic heterocycles. The Kier molecular flexibility index (Phi) is 2.79. The lowest BCUT2D eigenvalue weighted by molar-refractivity contribution is -0.274. The van der Waals surface area contributed by atoms with Gasteiger partial charge in [0.2, 0.25) is 0 Å². The van der Waals surface area contributed by atoms with Crippen LogP contribution in [0.15, 0.2) is 36.5 Å². The van der Waals surface area contributed by atoms with Gasteiger partial charge in [-0.1, -0.05) is 6.07 Å². The number of rotatable bonds is 2. The van der Waals surface area contributed by atoms with E-state index in [0.717, 1.165) is 5.69 Å². The predicted octanol–water partition coefficient (Wildman–Crippen LogP) is 3.08. The van der Waals surface area contributed by atoms with Crippen LogP contribution in [0.1, 0.15) is 5.69 Å². The van der Waals surface area contributed by atoms with Gasteiger partial charge in [-0.05, 0) is 25.1 Å². The monoisotopic (exact) mass is 242 g/mol. The molecular weight excluding hydrogens is 233 g/mol. The van der Waals surface area contributed by atoms with Crippen molar-refractivity contribution in [2.45, 2.75) is 13.3 Å². The standard InChI is InChI=1S/C11H9F3N2O/c1-8-5-6-15-16(8)9-3-2-4-10(7-9)17-11(12,13)14/h2-7H,1H3. The molecule has 17 heavy (non-hydrogen) atoms. The van der Waals surface area contributed by atoms with E-state index in [1.54, 1.807) is 18.3 Å². The van der Waals surface area contributed by atoms with Crippen molar-refractivity contribution in [3.05, 3.63) is 42.2 Å². The maximum atomic E-state index is 12.1. The summed E-state index contributed by atoms with van der Waals surface area (Å²) in [7, 11) is 0.